The van der Waals surface area contributed by atoms with Crippen LogP contribution in [0.5, 0.6) is 0 Å². The molecule has 9 heteroatoms. The van der Waals surface area contributed by atoms with E-state index in [4.69, 9.17) is 20.9 Å². The molecule has 3 aromatic rings. The smallest absolute Gasteiger partial charge is 0.360 e. The molecular weight excluding hydrogens is 310 g/mol. The summed E-state index contributed by atoms with van der Waals surface area (Å²) in [5.41, 5.74) is 0.401. The Morgan fingerprint density at radius 3 is 3.14 bits per heavy atom. The van der Waals surface area contributed by atoms with Crippen LogP contribution in [0.2, 0.25) is 5.02 Å². The minimum absolute atomic E-state index is 0.00581. The lowest BCUT2D eigenvalue weighted by Gasteiger charge is -1.98. The number of nitrogens with zero attached hydrogens (tertiary/aromatic N) is 5. The molecule has 1 saturated carbocycles. The molecule has 3 aromatic heterocycles. The van der Waals surface area contributed by atoms with Crippen LogP contribution in [0.4, 0.5) is 0 Å². The zero-order valence-corrected chi connectivity index (χ0v) is 12.0. The van der Waals surface area contributed by atoms with Crippen LogP contribution in [0.25, 0.3) is 5.65 Å². The van der Waals surface area contributed by atoms with Gasteiger partial charge in [-0.1, -0.05) is 16.8 Å². The lowest BCUT2D eigenvalue weighted by Crippen LogP contribution is -2.07. The average molecular weight is 320 g/mol. The van der Waals surface area contributed by atoms with Crippen molar-refractivity contribution in [1.29, 1.82) is 0 Å². The van der Waals surface area contributed by atoms with E-state index in [1.54, 1.807) is 18.5 Å². The molecule has 1 fully saturated rings. The zero-order valence-electron chi connectivity index (χ0n) is 11.3. The van der Waals surface area contributed by atoms with Crippen molar-refractivity contribution < 1.29 is 14.1 Å². The minimum Gasteiger partial charge on any atom is -0.452 e. The third-order valence-electron chi connectivity index (χ3n) is 3.28. The highest BCUT2D eigenvalue weighted by Gasteiger charge is 2.30. The Bertz CT molecular complexity index is 854. The van der Waals surface area contributed by atoms with Crippen molar-refractivity contribution in [2.24, 2.45) is 0 Å². The Balaban J connectivity index is 1.49. The molecule has 0 radical (unpaired) electrons. The fourth-order valence-corrected chi connectivity index (χ4v) is 2.26. The third-order valence-corrected chi connectivity index (χ3v) is 3.62. The van der Waals surface area contributed by atoms with Crippen molar-refractivity contribution in [3.63, 3.8) is 0 Å². The van der Waals surface area contributed by atoms with Gasteiger partial charge in [0.1, 0.15) is 5.02 Å². The Labute approximate surface area is 129 Å². The molecule has 0 saturated heterocycles. The second kappa shape index (κ2) is 5.06. The average Bonchev–Trinajstić information content (AvgIpc) is 3.19. The maximum atomic E-state index is 12.1. The van der Waals surface area contributed by atoms with E-state index in [2.05, 4.69) is 20.2 Å². The molecular formula is C13H10ClN5O3. The summed E-state index contributed by atoms with van der Waals surface area (Å²) >= 11 is 6.09. The summed E-state index contributed by atoms with van der Waals surface area (Å²) in [5.74, 6) is 0.624. The molecule has 3 heterocycles. The number of esters is 1. The molecule has 0 N–H and O–H groups in total. The molecule has 22 heavy (non-hydrogen) atoms. The van der Waals surface area contributed by atoms with Crippen LogP contribution in [0.15, 0.2) is 23.0 Å². The lowest BCUT2D eigenvalue weighted by atomic mass is 10.4. The van der Waals surface area contributed by atoms with Crippen molar-refractivity contribution in [3.8, 4) is 0 Å². The third kappa shape index (κ3) is 2.31. The summed E-state index contributed by atoms with van der Waals surface area (Å²) < 4.78 is 11.6. The number of hydrogen-bond donors (Lipinski definition) is 0. The Hall–Kier alpha value is -2.48. The summed E-state index contributed by atoms with van der Waals surface area (Å²) in [7, 11) is 0. The van der Waals surface area contributed by atoms with Gasteiger partial charge >= 0.3 is 5.97 Å². The van der Waals surface area contributed by atoms with Crippen molar-refractivity contribution in [2.75, 3.05) is 0 Å². The first-order chi connectivity index (χ1) is 10.7. The summed E-state index contributed by atoms with van der Waals surface area (Å²) in [5, 5.41) is 7.98. The molecule has 0 aliphatic heterocycles. The van der Waals surface area contributed by atoms with Crippen molar-refractivity contribution in [2.45, 2.75) is 25.4 Å². The van der Waals surface area contributed by atoms with E-state index in [0.717, 1.165) is 12.8 Å². The van der Waals surface area contributed by atoms with Crippen LogP contribution in [0, 0.1) is 0 Å². The molecule has 4 rings (SSSR count). The number of aromatic nitrogens is 5. The number of fused-ring (bicyclic) bond motifs is 1. The first-order valence-electron chi connectivity index (χ1n) is 6.71. The van der Waals surface area contributed by atoms with Gasteiger partial charge in [0.15, 0.2) is 17.9 Å². The summed E-state index contributed by atoms with van der Waals surface area (Å²) in [4.78, 5) is 20.3. The standard InChI is InChI=1S/C13H10ClN5O3/c14-9-10(17-19-5-1-4-15-11(9)19)13(20)21-6-8-16-12(22-18-8)7-2-3-7/h1,4-5,7H,2-3,6H2. The Morgan fingerprint density at radius 2 is 2.36 bits per heavy atom. The molecule has 0 atom stereocenters. The quantitative estimate of drug-likeness (QED) is 0.678. The van der Waals surface area contributed by atoms with Crippen molar-refractivity contribution in [1.82, 2.24) is 24.7 Å². The van der Waals surface area contributed by atoms with E-state index in [9.17, 15) is 4.79 Å². The zero-order chi connectivity index (χ0) is 15.1. The molecule has 0 bridgehead atoms. The second-order valence-corrected chi connectivity index (χ2v) is 5.33. The van der Waals surface area contributed by atoms with Crippen LogP contribution < -0.4 is 0 Å². The van der Waals surface area contributed by atoms with Crippen molar-refractivity contribution >= 4 is 23.2 Å². The highest BCUT2D eigenvalue weighted by molar-refractivity contribution is 6.36. The van der Waals surface area contributed by atoms with E-state index in [1.807, 2.05) is 0 Å². The maximum Gasteiger partial charge on any atom is 0.360 e. The number of carbonyl (C=O) groups excluding carboxylic acids is 1. The summed E-state index contributed by atoms with van der Waals surface area (Å²) in [6.45, 7) is -0.0906. The normalized spacial score (nSPS) is 14.4. The van der Waals surface area contributed by atoms with E-state index >= 15 is 0 Å². The maximum absolute atomic E-state index is 12.1. The van der Waals surface area contributed by atoms with E-state index in [1.165, 1.54) is 4.52 Å². The van der Waals surface area contributed by atoms with Gasteiger partial charge in [-0.3, -0.25) is 0 Å². The largest absolute Gasteiger partial charge is 0.452 e. The molecule has 0 aromatic carbocycles. The van der Waals surface area contributed by atoms with Gasteiger partial charge in [-0.2, -0.15) is 10.1 Å². The highest BCUT2D eigenvalue weighted by Crippen LogP contribution is 2.38. The van der Waals surface area contributed by atoms with Crippen LogP contribution >= 0.6 is 11.6 Å². The summed E-state index contributed by atoms with van der Waals surface area (Å²) in [6, 6.07) is 1.68. The number of ether oxygens (including phenoxy) is 1. The van der Waals surface area contributed by atoms with Crippen molar-refractivity contribution in [3.05, 3.63) is 40.9 Å². The van der Waals surface area contributed by atoms with Crippen LogP contribution in [0.3, 0.4) is 0 Å². The SMILES string of the molecule is O=C(OCc1noc(C2CC2)n1)c1nn2cccnc2c1Cl. The van der Waals surface area contributed by atoms with Crippen LogP contribution in [0.1, 0.15) is 41.0 Å². The monoisotopic (exact) mass is 319 g/mol. The fourth-order valence-electron chi connectivity index (χ4n) is 2.01. The van der Waals surface area contributed by atoms with Gasteiger partial charge in [0.05, 0.1) is 0 Å². The van der Waals surface area contributed by atoms with E-state index in [0.29, 0.717) is 23.3 Å². The Kier molecular flexibility index (Phi) is 3.04. The fraction of sp³-hybridized carbons (Fsp3) is 0.308. The molecule has 8 nitrogen and oxygen atoms in total. The lowest BCUT2D eigenvalue weighted by molar-refractivity contribution is 0.0452. The summed E-state index contributed by atoms with van der Waals surface area (Å²) in [6.07, 6.45) is 5.33. The number of halogens is 1. The van der Waals surface area contributed by atoms with Crippen LogP contribution in [-0.4, -0.2) is 30.7 Å². The molecule has 0 unspecified atom stereocenters. The first kappa shape index (κ1) is 13.2. The van der Waals surface area contributed by atoms with Gasteiger partial charge in [-0.05, 0) is 18.9 Å². The van der Waals surface area contributed by atoms with Gasteiger partial charge in [0.25, 0.3) is 0 Å². The molecule has 1 aliphatic rings. The molecule has 1 aliphatic carbocycles. The predicted octanol–water partition coefficient (Wildman–Crippen LogP) is 2.00. The first-order valence-corrected chi connectivity index (χ1v) is 7.08. The molecule has 112 valence electrons. The van der Waals surface area contributed by atoms with Gasteiger partial charge in [-0.15, -0.1) is 0 Å². The van der Waals surface area contributed by atoms with E-state index in [-0.39, 0.29) is 17.3 Å². The second-order valence-electron chi connectivity index (χ2n) is 4.95. The molecule has 0 amide bonds. The molecule has 0 spiro atoms. The number of hydrogen-bond acceptors (Lipinski definition) is 7. The number of carbonyl (C=O) groups is 1. The highest BCUT2D eigenvalue weighted by atomic mass is 35.5. The number of rotatable bonds is 4. The van der Waals surface area contributed by atoms with E-state index < -0.39 is 5.97 Å². The predicted molar refractivity (Wildman–Crippen MR) is 73.4 cm³/mol. The van der Waals surface area contributed by atoms with Gasteiger partial charge in [-0.25, -0.2) is 14.3 Å². The topological polar surface area (TPSA) is 95.4 Å². The van der Waals surface area contributed by atoms with Crippen LogP contribution in [-0.2, 0) is 11.3 Å². The van der Waals surface area contributed by atoms with Gasteiger partial charge in [0, 0.05) is 18.3 Å². The minimum atomic E-state index is -0.659. The van der Waals surface area contributed by atoms with Gasteiger partial charge in [0.2, 0.25) is 11.7 Å². The van der Waals surface area contributed by atoms with Gasteiger partial charge < -0.3 is 9.26 Å². The Morgan fingerprint density at radius 1 is 1.50 bits per heavy atom.